The molecule has 0 saturated carbocycles. The van der Waals surface area contributed by atoms with Crippen molar-refractivity contribution in [2.45, 2.75) is 0 Å². The van der Waals surface area contributed by atoms with Crippen LogP contribution in [0.25, 0.3) is 33.1 Å². The molecule has 0 saturated heterocycles. The van der Waals surface area contributed by atoms with E-state index < -0.39 is 11.2 Å². The predicted octanol–water partition coefficient (Wildman–Crippen LogP) is 9.32. The fraction of sp³-hybridized carbons (Fsp3) is 0.0769. The number of aromatic nitrogens is 6. The Balaban J connectivity index is 0.000000163. The molecule has 2 aromatic carbocycles. The number of para-hydroxylation sites is 2. The first-order valence-corrected chi connectivity index (χ1v) is 16.7. The quantitative estimate of drug-likeness (QED) is 0.128. The Morgan fingerprint density at radius 1 is 0.641 bits per heavy atom. The Morgan fingerprint density at radius 2 is 1.18 bits per heavy atom. The number of nitrogens with zero attached hydrogens (tertiary/aromatic N) is 6. The van der Waals surface area contributed by atoms with E-state index in [1.54, 1.807) is 6.07 Å². The Bertz CT molecular complexity index is 1620. The second kappa shape index (κ2) is 15.7. The van der Waals surface area contributed by atoms with Crippen LogP contribution in [0.15, 0.2) is 91.8 Å². The minimum absolute atomic E-state index is 0.366. The third-order valence-corrected chi connectivity index (χ3v) is 5.82. The molecule has 0 spiro atoms. The molecule has 0 bridgehead atoms. The molecule has 205 valence electrons. The first-order chi connectivity index (χ1) is 18.7. The Morgan fingerprint density at radius 3 is 1.74 bits per heavy atom. The maximum atomic E-state index is 5.89. The van der Waals surface area contributed by atoms with Gasteiger partial charge in [-0.05, 0) is 23.6 Å². The van der Waals surface area contributed by atoms with E-state index in [-0.39, 0.29) is 0 Å². The van der Waals surface area contributed by atoms with Crippen molar-refractivity contribution in [3.63, 3.8) is 0 Å². The molecule has 4 heterocycles. The van der Waals surface area contributed by atoms with Crippen molar-refractivity contribution in [1.29, 1.82) is 0 Å². The molecule has 4 aromatic heterocycles. The first kappa shape index (κ1) is 31.5. The molecule has 39 heavy (non-hydrogen) atoms. The second-order valence-corrected chi connectivity index (χ2v) is 14.3. The number of halogens is 6. The van der Waals surface area contributed by atoms with Gasteiger partial charge in [0.05, 0.1) is 5.69 Å². The predicted molar refractivity (Wildman–Crippen MR) is 161 cm³/mol. The van der Waals surface area contributed by atoms with Gasteiger partial charge in [-0.25, -0.2) is 19.9 Å². The fourth-order valence-corrected chi connectivity index (χ4v) is 4.06. The average Bonchev–Trinajstić information content (AvgIpc) is 3.45. The van der Waals surface area contributed by atoms with E-state index in [0.717, 1.165) is 11.3 Å². The molecule has 0 atom stereocenters. The monoisotopic (exact) mass is 683 g/mol. The minimum atomic E-state index is -1.33. The van der Waals surface area contributed by atoms with Gasteiger partial charge in [0.1, 0.15) is 28.1 Å². The van der Waals surface area contributed by atoms with E-state index >= 15 is 0 Å². The van der Waals surface area contributed by atoms with Gasteiger partial charge in [0, 0.05) is 60.6 Å². The summed E-state index contributed by atoms with van der Waals surface area (Å²) in [6, 6.07) is 22.0. The van der Waals surface area contributed by atoms with Gasteiger partial charge in [-0.1, -0.05) is 71.2 Å². The number of fused-ring (bicyclic) bond motifs is 2. The molecule has 13 heteroatoms. The summed E-state index contributed by atoms with van der Waals surface area (Å²) in [6.07, 6.45) is 6.93. The van der Waals surface area contributed by atoms with Crippen LogP contribution in [0.4, 0.5) is 0 Å². The van der Waals surface area contributed by atoms with Crippen molar-refractivity contribution in [3.05, 3.63) is 107 Å². The van der Waals surface area contributed by atoms with Gasteiger partial charge in [0.25, 0.3) is 0 Å². The molecule has 6 nitrogen and oxygen atoms in total. The molecule has 0 amide bonds. The van der Waals surface area contributed by atoms with E-state index in [9.17, 15) is 0 Å². The molecule has 0 unspecified atom stereocenters. The van der Waals surface area contributed by atoms with Crippen LogP contribution >= 0.6 is 65.1 Å². The van der Waals surface area contributed by atoms with Crippen molar-refractivity contribution in [1.82, 2.24) is 29.1 Å². The van der Waals surface area contributed by atoms with E-state index in [0.29, 0.717) is 15.5 Å². The van der Waals surface area contributed by atoms with E-state index in [1.807, 2.05) is 19.2 Å². The van der Waals surface area contributed by atoms with Crippen molar-refractivity contribution in [2.75, 3.05) is 0 Å². The van der Waals surface area contributed by atoms with Gasteiger partial charge in [-0.2, -0.15) is 0 Å². The van der Waals surface area contributed by atoms with E-state index in [2.05, 4.69) is 91.0 Å². The summed E-state index contributed by atoms with van der Waals surface area (Å²) in [5.74, 6) is 0. The van der Waals surface area contributed by atoms with Gasteiger partial charge >= 0.3 is 41.5 Å². The zero-order valence-electron chi connectivity index (χ0n) is 20.5. The Hall–Kier alpha value is -2.06. The summed E-state index contributed by atoms with van der Waals surface area (Å²) in [5.41, 5.74) is 4.40. The molecule has 6 aromatic rings. The normalized spacial score (nSPS) is 10.5. The van der Waals surface area contributed by atoms with Gasteiger partial charge in [0.2, 0.25) is 0 Å². The van der Waals surface area contributed by atoms with Crippen LogP contribution < -0.4 is 0 Å². The summed E-state index contributed by atoms with van der Waals surface area (Å²) < 4.78 is 4.20. The molecule has 0 aliphatic rings. The van der Waals surface area contributed by atoms with Crippen LogP contribution in [0, 0.1) is 0 Å². The van der Waals surface area contributed by atoms with Gasteiger partial charge in [-0.3, -0.25) is 0 Å². The molecular formula is C26H21Cl6FeN6. The van der Waals surface area contributed by atoms with E-state index in [1.165, 1.54) is 40.5 Å². The summed E-state index contributed by atoms with van der Waals surface area (Å²) in [5, 5.41) is 3.67. The number of hydrogen-bond donors (Lipinski definition) is 0. The molecule has 6 rings (SSSR count). The molecule has 0 radical (unpaired) electrons. The van der Waals surface area contributed by atoms with E-state index in [4.69, 9.17) is 65.1 Å². The summed E-state index contributed by atoms with van der Waals surface area (Å²) in [7, 11) is 18.7. The molecule has 0 aliphatic carbocycles. The van der Waals surface area contributed by atoms with Crippen LogP contribution in [0.5, 0.6) is 0 Å². The number of aryl methyl sites for hydroxylation is 2. The second-order valence-electron chi connectivity index (χ2n) is 7.70. The van der Waals surface area contributed by atoms with Crippen LogP contribution in [0.2, 0.25) is 15.5 Å². The van der Waals surface area contributed by atoms with Crippen molar-refractivity contribution in [2.24, 2.45) is 14.1 Å². The Kier molecular flexibility index (Phi) is 12.6. The SMILES string of the molecule is Clc1cc(Cl)ncn1.Cn1cc(-c2cc(Cl)ncn2)c2ccccc21.Cn1ccc2ccccc21.[Cl][Fe]([Cl])[Cl]. The van der Waals surface area contributed by atoms with Crippen molar-refractivity contribution in [3.8, 4) is 11.3 Å². The number of rotatable bonds is 1. The summed E-state index contributed by atoms with van der Waals surface area (Å²) >= 11 is 15.4. The fourth-order valence-electron chi connectivity index (χ4n) is 3.56. The Labute approximate surface area is 258 Å². The third-order valence-electron chi connectivity index (χ3n) is 5.20. The van der Waals surface area contributed by atoms with Crippen molar-refractivity contribution >= 4 is 86.9 Å². The van der Waals surface area contributed by atoms with Crippen LogP contribution in [-0.4, -0.2) is 29.1 Å². The molecule has 0 fully saturated rings. The third kappa shape index (κ3) is 9.82. The first-order valence-electron chi connectivity index (χ1n) is 11.0. The topological polar surface area (TPSA) is 61.4 Å². The molecule has 0 aliphatic heterocycles. The summed E-state index contributed by atoms with van der Waals surface area (Å²) in [4.78, 5) is 15.4. The number of hydrogen-bond acceptors (Lipinski definition) is 4. The maximum absolute atomic E-state index is 5.89. The van der Waals surface area contributed by atoms with Gasteiger partial charge in [-0.15, -0.1) is 0 Å². The zero-order chi connectivity index (χ0) is 28.4. The molecular weight excluding hydrogens is 665 g/mol. The summed E-state index contributed by atoms with van der Waals surface area (Å²) in [6.45, 7) is 0. The van der Waals surface area contributed by atoms with Crippen LogP contribution in [0.3, 0.4) is 0 Å². The number of benzene rings is 2. The van der Waals surface area contributed by atoms with Gasteiger partial charge in [0.15, 0.2) is 0 Å². The average molecular weight is 686 g/mol. The zero-order valence-corrected chi connectivity index (χ0v) is 26.1. The van der Waals surface area contributed by atoms with Gasteiger partial charge < -0.3 is 9.13 Å². The van der Waals surface area contributed by atoms with Crippen molar-refractivity contribution < 1.29 is 11.2 Å². The molecule has 0 N–H and O–H groups in total. The van der Waals surface area contributed by atoms with Crippen LogP contribution in [-0.2, 0) is 25.3 Å². The van der Waals surface area contributed by atoms with Crippen LogP contribution in [0.1, 0.15) is 0 Å². The standard InChI is InChI=1S/C13H10ClN3.C9H9N.C4H2Cl2N2.3ClH.Fe/c1-17-7-10(9-4-2-3-5-12(9)17)11-6-13(14)16-8-15-11;1-10-7-6-8-4-2-3-5-9(8)10;5-3-1-4(6)8-2-7-3;;;;/h2-8H,1H3;2-7H,1H3;1-2H;3*1H;/q;;;;;;+3/p-3.